The highest BCUT2D eigenvalue weighted by atomic mass is 19.4. The Bertz CT molecular complexity index is 377. The predicted molar refractivity (Wildman–Crippen MR) is 50.1 cm³/mol. The number of aromatic nitrogens is 2. The Morgan fingerprint density at radius 2 is 2.31 bits per heavy atom. The van der Waals surface area contributed by atoms with Crippen LogP contribution in [0.5, 0.6) is 0 Å². The molecule has 1 aromatic heterocycles. The molecule has 88 valence electrons. The van der Waals surface area contributed by atoms with Crippen LogP contribution in [0.15, 0.2) is 12.3 Å². The van der Waals surface area contributed by atoms with Gasteiger partial charge in [0.25, 0.3) is 0 Å². The van der Waals surface area contributed by atoms with Gasteiger partial charge in [-0.2, -0.15) is 23.5 Å². The normalized spacial score (nSPS) is 13.4. The standard InChI is InChI=1S/C9H11F3N4/c1-16-8(2-3-15-16)6-14-5-7(4-13)9(10,11)12/h2-3,7,14H,5-6H2,1H3. The summed E-state index contributed by atoms with van der Waals surface area (Å²) in [5.74, 6) is -1.97. The molecule has 0 saturated carbocycles. The van der Waals surface area contributed by atoms with E-state index in [1.807, 2.05) is 0 Å². The SMILES string of the molecule is Cn1nccc1CNCC(C#N)C(F)(F)F. The molecule has 0 aliphatic rings. The highest BCUT2D eigenvalue weighted by Crippen LogP contribution is 2.24. The van der Waals surface area contributed by atoms with Crippen LogP contribution in [0.2, 0.25) is 0 Å². The lowest BCUT2D eigenvalue weighted by Gasteiger charge is -2.13. The number of rotatable bonds is 4. The van der Waals surface area contributed by atoms with Gasteiger partial charge in [-0.15, -0.1) is 0 Å². The molecule has 1 atom stereocenters. The molecular weight excluding hydrogens is 221 g/mol. The van der Waals surface area contributed by atoms with E-state index in [0.717, 1.165) is 5.69 Å². The number of hydrogen-bond donors (Lipinski definition) is 1. The van der Waals surface area contributed by atoms with Crippen LogP contribution in [-0.2, 0) is 13.6 Å². The van der Waals surface area contributed by atoms with Crippen LogP contribution >= 0.6 is 0 Å². The Labute approximate surface area is 90.7 Å². The Morgan fingerprint density at radius 3 is 2.75 bits per heavy atom. The molecule has 0 radical (unpaired) electrons. The van der Waals surface area contributed by atoms with E-state index in [1.165, 1.54) is 6.07 Å². The van der Waals surface area contributed by atoms with Crippen molar-refractivity contribution in [3.05, 3.63) is 18.0 Å². The van der Waals surface area contributed by atoms with Crippen LogP contribution in [0.3, 0.4) is 0 Å². The van der Waals surface area contributed by atoms with Crippen LogP contribution < -0.4 is 5.32 Å². The zero-order chi connectivity index (χ0) is 12.2. The van der Waals surface area contributed by atoms with Crippen molar-refractivity contribution in [2.45, 2.75) is 12.7 Å². The van der Waals surface area contributed by atoms with Gasteiger partial charge in [0.15, 0.2) is 5.92 Å². The van der Waals surface area contributed by atoms with Crippen molar-refractivity contribution in [3.63, 3.8) is 0 Å². The summed E-state index contributed by atoms with van der Waals surface area (Å²) in [5.41, 5.74) is 0.763. The number of nitrogens with zero attached hydrogens (tertiary/aromatic N) is 3. The Balaban J connectivity index is 2.41. The van der Waals surface area contributed by atoms with Gasteiger partial charge < -0.3 is 5.32 Å². The van der Waals surface area contributed by atoms with E-state index >= 15 is 0 Å². The van der Waals surface area contributed by atoms with Gasteiger partial charge in [-0.05, 0) is 6.07 Å². The van der Waals surface area contributed by atoms with Crippen molar-refractivity contribution in [1.82, 2.24) is 15.1 Å². The molecule has 1 aromatic rings. The second kappa shape index (κ2) is 4.99. The molecule has 0 aliphatic heterocycles. The maximum atomic E-state index is 12.2. The predicted octanol–water partition coefficient (Wildman–Crippen LogP) is 1.21. The maximum absolute atomic E-state index is 12.2. The van der Waals surface area contributed by atoms with E-state index in [4.69, 9.17) is 5.26 Å². The van der Waals surface area contributed by atoms with E-state index in [2.05, 4.69) is 10.4 Å². The lowest BCUT2D eigenvalue weighted by atomic mass is 10.1. The second-order valence-electron chi connectivity index (χ2n) is 3.30. The molecule has 1 unspecified atom stereocenters. The van der Waals surface area contributed by atoms with Crippen LogP contribution in [0, 0.1) is 17.2 Å². The summed E-state index contributed by atoms with van der Waals surface area (Å²) in [5, 5.41) is 14.8. The first-order valence-corrected chi connectivity index (χ1v) is 4.59. The Morgan fingerprint density at radius 1 is 1.62 bits per heavy atom. The fraction of sp³-hybridized carbons (Fsp3) is 0.556. The van der Waals surface area contributed by atoms with Gasteiger partial charge >= 0.3 is 6.18 Å². The third-order valence-electron chi connectivity index (χ3n) is 2.13. The highest BCUT2D eigenvalue weighted by molar-refractivity contribution is 4.99. The monoisotopic (exact) mass is 232 g/mol. The molecule has 16 heavy (non-hydrogen) atoms. The number of aryl methyl sites for hydroxylation is 1. The van der Waals surface area contributed by atoms with Gasteiger partial charge in [-0.1, -0.05) is 0 Å². The molecule has 0 fully saturated rings. The lowest BCUT2D eigenvalue weighted by Crippen LogP contribution is -2.32. The summed E-state index contributed by atoms with van der Waals surface area (Å²) in [6, 6.07) is 2.92. The summed E-state index contributed by atoms with van der Waals surface area (Å²) >= 11 is 0. The van der Waals surface area contributed by atoms with Crippen LogP contribution in [0.4, 0.5) is 13.2 Å². The molecule has 0 amide bonds. The average Bonchev–Trinajstić information content (AvgIpc) is 2.57. The van der Waals surface area contributed by atoms with Crippen molar-refractivity contribution < 1.29 is 13.2 Å². The second-order valence-corrected chi connectivity index (χ2v) is 3.30. The van der Waals surface area contributed by atoms with Gasteiger partial charge in [0.2, 0.25) is 0 Å². The van der Waals surface area contributed by atoms with Crippen molar-refractivity contribution in [2.24, 2.45) is 13.0 Å². The molecule has 7 heteroatoms. The van der Waals surface area contributed by atoms with Gasteiger partial charge in [0.05, 0.1) is 11.8 Å². The van der Waals surface area contributed by atoms with Crippen molar-refractivity contribution >= 4 is 0 Å². The summed E-state index contributed by atoms with van der Waals surface area (Å²) < 4.78 is 38.1. The van der Waals surface area contributed by atoms with Crippen LogP contribution in [0.1, 0.15) is 5.69 Å². The Hall–Kier alpha value is -1.55. The van der Waals surface area contributed by atoms with Crippen LogP contribution in [0.25, 0.3) is 0 Å². The van der Waals surface area contributed by atoms with Crippen molar-refractivity contribution in [1.29, 1.82) is 5.26 Å². The number of nitriles is 1. The van der Waals surface area contributed by atoms with Crippen molar-refractivity contribution in [3.8, 4) is 6.07 Å². The third-order valence-corrected chi connectivity index (χ3v) is 2.13. The van der Waals surface area contributed by atoms with Gasteiger partial charge in [-0.25, -0.2) is 0 Å². The molecule has 0 aliphatic carbocycles. The van der Waals surface area contributed by atoms with E-state index in [9.17, 15) is 13.2 Å². The van der Waals surface area contributed by atoms with Crippen molar-refractivity contribution in [2.75, 3.05) is 6.54 Å². The van der Waals surface area contributed by atoms with Gasteiger partial charge in [0, 0.05) is 26.3 Å². The summed E-state index contributed by atoms with van der Waals surface area (Å²) in [4.78, 5) is 0. The minimum Gasteiger partial charge on any atom is -0.310 e. The summed E-state index contributed by atoms with van der Waals surface area (Å²) in [6.07, 6.45) is -2.92. The number of nitrogens with one attached hydrogen (secondary N) is 1. The molecule has 1 rings (SSSR count). The van der Waals surface area contributed by atoms with Gasteiger partial charge in [0.1, 0.15) is 0 Å². The largest absolute Gasteiger partial charge is 0.405 e. The van der Waals surface area contributed by atoms with E-state index in [0.29, 0.717) is 0 Å². The molecule has 0 saturated heterocycles. The first-order chi connectivity index (χ1) is 7.45. The lowest BCUT2D eigenvalue weighted by molar-refractivity contribution is -0.157. The molecule has 1 heterocycles. The third kappa shape index (κ3) is 3.24. The highest BCUT2D eigenvalue weighted by Gasteiger charge is 2.39. The first kappa shape index (κ1) is 12.5. The molecule has 0 bridgehead atoms. The average molecular weight is 232 g/mol. The zero-order valence-electron chi connectivity index (χ0n) is 8.62. The van der Waals surface area contributed by atoms with E-state index in [-0.39, 0.29) is 6.54 Å². The topological polar surface area (TPSA) is 53.6 Å². The number of halogens is 3. The minimum atomic E-state index is -4.48. The van der Waals surface area contributed by atoms with E-state index in [1.54, 1.807) is 24.0 Å². The minimum absolute atomic E-state index is 0.255. The number of hydrogen-bond acceptors (Lipinski definition) is 3. The quantitative estimate of drug-likeness (QED) is 0.849. The van der Waals surface area contributed by atoms with Gasteiger partial charge in [-0.3, -0.25) is 4.68 Å². The Kier molecular flexibility index (Phi) is 3.90. The zero-order valence-corrected chi connectivity index (χ0v) is 8.62. The number of alkyl halides is 3. The molecular formula is C9H11F3N4. The summed E-state index contributed by atoms with van der Waals surface area (Å²) in [7, 11) is 1.70. The van der Waals surface area contributed by atoms with Crippen LogP contribution in [-0.4, -0.2) is 22.5 Å². The fourth-order valence-electron chi connectivity index (χ4n) is 1.15. The molecule has 0 aromatic carbocycles. The molecule has 1 N–H and O–H groups in total. The summed E-state index contributed by atoms with van der Waals surface area (Å²) in [6.45, 7) is -0.157. The van der Waals surface area contributed by atoms with E-state index < -0.39 is 18.6 Å². The first-order valence-electron chi connectivity index (χ1n) is 4.59. The molecule has 4 nitrogen and oxygen atoms in total. The molecule has 0 spiro atoms. The fourth-order valence-corrected chi connectivity index (χ4v) is 1.15. The maximum Gasteiger partial charge on any atom is 0.405 e. The smallest absolute Gasteiger partial charge is 0.310 e.